The average Bonchev–Trinajstić information content (AvgIpc) is 3.15. The fourth-order valence-corrected chi connectivity index (χ4v) is 3.88. The molecular formula is C20H17N3O3S. The molecule has 0 fully saturated rings. The maximum atomic E-state index is 12.9. The Kier molecular flexibility index (Phi) is 4.45. The van der Waals surface area contributed by atoms with Gasteiger partial charge in [-0.25, -0.2) is 9.78 Å². The number of para-hydroxylation sites is 1. The number of esters is 1. The van der Waals surface area contributed by atoms with Crippen molar-refractivity contribution in [3.05, 3.63) is 74.8 Å². The quantitative estimate of drug-likeness (QED) is 0.507. The van der Waals surface area contributed by atoms with Gasteiger partial charge in [0.1, 0.15) is 6.61 Å². The minimum atomic E-state index is -0.436. The van der Waals surface area contributed by atoms with Gasteiger partial charge in [-0.05, 0) is 25.0 Å². The molecule has 27 heavy (non-hydrogen) atoms. The second-order valence-corrected chi connectivity index (χ2v) is 7.02. The smallest absolute Gasteiger partial charge is 0.339 e. The van der Waals surface area contributed by atoms with Crippen molar-refractivity contribution < 1.29 is 9.53 Å². The van der Waals surface area contributed by atoms with Gasteiger partial charge in [0.05, 0.1) is 16.8 Å². The Morgan fingerprint density at radius 1 is 1.26 bits per heavy atom. The van der Waals surface area contributed by atoms with Gasteiger partial charge in [0.15, 0.2) is 4.96 Å². The van der Waals surface area contributed by atoms with Crippen LogP contribution in [0, 0.1) is 6.92 Å². The Hall–Kier alpha value is -3.06. The lowest BCUT2D eigenvalue weighted by Gasteiger charge is -2.13. The first-order chi connectivity index (χ1) is 13.1. The molecular weight excluding hydrogens is 362 g/mol. The summed E-state index contributed by atoms with van der Waals surface area (Å²) in [5, 5.41) is 2.55. The summed E-state index contributed by atoms with van der Waals surface area (Å²) in [7, 11) is 0. The third kappa shape index (κ3) is 3.10. The Morgan fingerprint density at radius 2 is 2.07 bits per heavy atom. The van der Waals surface area contributed by atoms with E-state index < -0.39 is 5.97 Å². The summed E-state index contributed by atoms with van der Waals surface area (Å²) < 4.78 is 6.97. The molecule has 1 aromatic carbocycles. The zero-order valence-corrected chi connectivity index (χ0v) is 15.7. The van der Waals surface area contributed by atoms with Gasteiger partial charge in [-0.3, -0.25) is 14.2 Å². The summed E-state index contributed by atoms with van der Waals surface area (Å²) in [5.41, 5.74) is 3.23. The van der Waals surface area contributed by atoms with E-state index in [1.54, 1.807) is 11.6 Å². The lowest BCUT2D eigenvalue weighted by Crippen LogP contribution is -2.15. The van der Waals surface area contributed by atoms with E-state index in [1.165, 1.54) is 21.8 Å². The van der Waals surface area contributed by atoms with Crippen LogP contribution in [0.15, 0.2) is 46.7 Å². The molecule has 136 valence electrons. The molecule has 6 nitrogen and oxygen atoms in total. The fraction of sp³-hybridized carbons (Fsp3) is 0.200. The van der Waals surface area contributed by atoms with Crippen molar-refractivity contribution in [2.45, 2.75) is 26.9 Å². The van der Waals surface area contributed by atoms with Gasteiger partial charge < -0.3 is 4.74 Å². The second-order valence-electron chi connectivity index (χ2n) is 6.15. The Morgan fingerprint density at radius 3 is 2.89 bits per heavy atom. The molecule has 3 aromatic heterocycles. The van der Waals surface area contributed by atoms with Crippen molar-refractivity contribution in [3.8, 4) is 0 Å². The van der Waals surface area contributed by atoms with Crippen LogP contribution in [-0.2, 0) is 17.8 Å². The highest BCUT2D eigenvalue weighted by Crippen LogP contribution is 2.24. The Balaban J connectivity index is 1.68. The van der Waals surface area contributed by atoms with Gasteiger partial charge in [-0.1, -0.05) is 25.1 Å². The highest BCUT2D eigenvalue weighted by Gasteiger charge is 2.19. The number of carbonyl (C=O) groups is 1. The Bertz CT molecular complexity index is 1230. The van der Waals surface area contributed by atoms with E-state index in [2.05, 4.69) is 9.97 Å². The van der Waals surface area contributed by atoms with Crippen LogP contribution >= 0.6 is 11.3 Å². The van der Waals surface area contributed by atoms with Crippen molar-refractivity contribution in [2.24, 2.45) is 0 Å². The van der Waals surface area contributed by atoms with Gasteiger partial charge >= 0.3 is 5.97 Å². The molecule has 0 bridgehead atoms. The molecule has 0 N–H and O–H groups in total. The second kappa shape index (κ2) is 6.92. The minimum Gasteiger partial charge on any atom is -0.456 e. The Labute approximate surface area is 159 Å². The molecule has 0 unspecified atom stereocenters. The molecule has 0 saturated carbocycles. The van der Waals surface area contributed by atoms with E-state index in [-0.39, 0.29) is 12.2 Å². The number of ether oxygens (including phenoxy) is 1. The monoisotopic (exact) mass is 379 g/mol. The van der Waals surface area contributed by atoms with Crippen LogP contribution in [0.5, 0.6) is 0 Å². The normalized spacial score (nSPS) is 11.2. The van der Waals surface area contributed by atoms with Crippen molar-refractivity contribution in [3.63, 3.8) is 0 Å². The summed E-state index contributed by atoms with van der Waals surface area (Å²) >= 11 is 1.36. The molecule has 0 aliphatic carbocycles. The summed E-state index contributed by atoms with van der Waals surface area (Å²) in [5.74, 6) is -0.436. The topological polar surface area (TPSA) is 73.6 Å². The number of rotatable bonds is 4. The minimum absolute atomic E-state index is 0.0555. The lowest BCUT2D eigenvalue weighted by molar-refractivity contribution is 0.0469. The van der Waals surface area contributed by atoms with E-state index in [0.717, 1.165) is 28.6 Å². The molecule has 0 amide bonds. The summed E-state index contributed by atoms with van der Waals surface area (Å²) in [6.45, 7) is 3.84. The largest absolute Gasteiger partial charge is 0.456 e. The van der Waals surface area contributed by atoms with Gasteiger partial charge in [0.2, 0.25) is 0 Å². The van der Waals surface area contributed by atoms with Crippen LogP contribution in [0.2, 0.25) is 0 Å². The van der Waals surface area contributed by atoms with Crippen molar-refractivity contribution >= 4 is 33.2 Å². The van der Waals surface area contributed by atoms with E-state index in [9.17, 15) is 9.59 Å². The highest BCUT2D eigenvalue weighted by atomic mass is 32.1. The number of nitrogens with zero attached hydrogens (tertiary/aromatic N) is 3. The molecule has 0 spiro atoms. The molecule has 0 aliphatic rings. The zero-order chi connectivity index (χ0) is 19.0. The lowest BCUT2D eigenvalue weighted by atomic mass is 10.0. The fourth-order valence-electron chi connectivity index (χ4n) is 3.14. The maximum Gasteiger partial charge on any atom is 0.339 e. The van der Waals surface area contributed by atoms with Crippen molar-refractivity contribution in [1.82, 2.24) is 14.4 Å². The van der Waals surface area contributed by atoms with Gasteiger partial charge in [-0.2, -0.15) is 0 Å². The first-order valence-corrected chi connectivity index (χ1v) is 9.47. The van der Waals surface area contributed by atoms with Crippen molar-refractivity contribution in [2.75, 3.05) is 0 Å². The number of thiazole rings is 1. The first kappa shape index (κ1) is 17.4. The number of fused-ring (bicyclic) bond motifs is 2. The van der Waals surface area contributed by atoms with Crippen LogP contribution in [0.4, 0.5) is 0 Å². The van der Waals surface area contributed by atoms with Crippen molar-refractivity contribution in [1.29, 1.82) is 0 Å². The van der Waals surface area contributed by atoms with E-state index in [0.29, 0.717) is 16.2 Å². The standard InChI is InChI=1S/C20H17N3O3S/c1-3-15-12(2)18(14-6-4-5-7-16(14)22-15)19(25)26-11-13-10-17(24)23-8-9-27-20(23)21-13/h4-10H,3,11H2,1-2H3. The van der Waals surface area contributed by atoms with E-state index >= 15 is 0 Å². The molecule has 0 aliphatic heterocycles. The van der Waals surface area contributed by atoms with Gasteiger partial charge in [0.25, 0.3) is 5.56 Å². The molecule has 0 radical (unpaired) electrons. The summed E-state index contributed by atoms with van der Waals surface area (Å²) in [6, 6.07) is 8.92. The predicted octanol–water partition coefficient (Wildman–Crippen LogP) is 3.53. The highest BCUT2D eigenvalue weighted by molar-refractivity contribution is 7.15. The third-order valence-electron chi connectivity index (χ3n) is 4.48. The van der Waals surface area contributed by atoms with Gasteiger partial charge in [0, 0.05) is 28.7 Å². The van der Waals surface area contributed by atoms with Gasteiger partial charge in [-0.15, -0.1) is 11.3 Å². The van der Waals surface area contributed by atoms with Crippen LogP contribution in [0.25, 0.3) is 15.9 Å². The number of aromatic nitrogens is 3. The van der Waals surface area contributed by atoms with Crippen LogP contribution in [0.1, 0.15) is 34.2 Å². The number of hydrogen-bond acceptors (Lipinski definition) is 6. The molecule has 4 rings (SSSR count). The number of benzene rings is 1. The number of aryl methyl sites for hydroxylation is 1. The number of pyridine rings is 1. The zero-order valence-electron chi connectivity index (χ0n) is 14.9. The van der Waals surface area contributed by atoms with E-state index in [4.69, 9.17) is 4.74 Å². The molecule has 0 saturated heterocycles. The maximum absolute atomic E-state index is 12.9. The average molecular weight is 379 g/mol. The third-order valence-corrected chi connectivity index (χ3v) is 5.24. The molecule has 7 heteroatoms. The summed E-state index contributed by atoms with van der Waals surface area (Å²) in [4.78, 5) is 34.5. The van der Waals surface area contributed by atoms with E-state index in [1.807, 2.05) is 38.1 Å². The number of hydrogen-bond donors (Lipinski definition) is 0. The molecule has 0 atom stereocenters. The first-order valence-electron chi connectivity index (χ1n) is 8.59. The predicted molar refractivity (Wildman–Crippen MR) is 104 cm³/mol. The SMILES string of the molecule is CCc1nc2ccccc2c(C(=O)OCc2cc(=O)n3ccsc3n2)c1C. The van der Waals surface area contributed by atoms with Crippen LogP contribution in [-0.4, -0.2) is 20.3 Å². The number of carbonyl (C=O) groups excluding carboxylic acids is 1. The van der Waals surface area contributed by atoms with Crippen LogP contribution < -0.4 is 5.56 Å². The summed E-state index contributed by atoms with van der Waals surface area (Å²) in [6.07, 6.45) is 2.40. The molecule has 4 aromatic rings. The molecule has 3 heterocycles. The van der Waals surface area contributed by atoms with Crippen LogP contribution in [0.3, 0.4) is 0 Å².